The van der Waals surface area contributed by atoms with E-state index in [1.165, 1.54) is 22.0 Å². The number of likely N-dealkylation sites (N-methyl/N-ethyl adjacent to an activating group) is 1. The van der Waals surface area contributed by atoms with Crippen LogP contribution >= 0.6 is 15.9 Å². The number of nitrogens with zero attached hydrogens (tertiary/aromatic N) is 2. The summed E-state index contributed by atoms with van der Waals surface area (Å²) >= 11 is 3.72. The number of benzene rings is 1. The highest BCUT2D eigenvalue weighted by molar-refractivity contribution is 9.10. The molecule has 2 fully saturated rings. The fraction of sp³-hybridized carbons (Fsp3) is 0.550. The molecule has 6 heteroatoms. The molecule has 3 aliphatic rings. The van der Waals surface area contributed by atoms with E-state index in [1.807, 2.05) is 0 Å². The Bertz CT molecular complexity index is 860. The molecule has 0 saturated carbocycles. The number of piperidine rings is 1. The molecular formula is C20H24BrN3O2. The summed E-state index contributed by atoms with van der Waals surface area (Å²) in [7, 11) is 2.22. The van der Waals surface area contributed by atoms with Gasteiger partial charge in [-0.2, -0.15) is 0 Å². The number of hydrogen-bond donors (Lipinski definition) is 1. The van der Waals surface area contributed by atoms with E-state index in [1.54, 1.807) is 4.90 Å². The van der Waals surface area contributed by atoms with Gasteiger partial charge in [0.05, 0.1) is 11.2 Å². The SMILES string of the molecule is CN1C[C@H](COC(=O)N2CCC2)CC2c3cccc4[nH]c(Br)c(c34)C[C@H]21. The van der Waals surface area contributed by atoms with Gasteiger partial charge in [0.25, 0.3) is 0 Å². The Labute approximate surface area is 161 Å². The van der Waals surface area contributed by atoms with Gasteiger partial charge in [-0.05, 0) is 59.4 Å². The van der Waals surface area contributed by atoms with Crippen LogP contribution in [0.2, 0.25) is 0 Å². The molecular weight excluding hydrogens is 394 g/mol. The van der Waals surface area contributed by atoms with Crippen molar-refractivity contribution < 1.29 is 9.53 Å². The highest BCUT2D eigenvalue weighted by atomic mass is 79.9. The Morgan fingerprint density at radius 2 is 2.23 bits per heavy atom. The lowest BCUT2D eigenvalue weighted by atomic mass is 9.72. The zero-order chi connectivity index (χ0) is 17.8. The average Bonchev–Trinajstić information content (AvgIpc) is 2.89. The number of aromatic nitrogens is 1. The van der Waals surface area contributed by atoms with Crippen molar-refractivity contribution in [2.75, 3.05) is 33.3 Å². The summed E-state index contributed by atoms with van der Waals surface area (Å²) in [5.41, 5.74) is 4.07. The highest BCUT2D eigenvalue weighted by Gasteiger charge is 2.40. The molecule has 3 heterocycles. The van der Waals surface area contributed by atoms with Crippen LogP contribution in [0.5, 0.6) is 0 Å². The van der Waals surface area contributed by atoms with E-state index >= 15 is 0 Å². The monoisotopic (exact) mass is 417 g/mol. The number of amides is 1. The van der Waals surface area contributed by atoms with Crippen molar-refractivity contribution >= 4 is 32.9 Å². The predicted molar refractivity (Wildman–Crippen MR) is 105 cm³/mol. The van der Waals surface area contributed by atoms with Gasteiger partial charge in [0.15, 0.2) is 0 Å². The van der Waals surface area contributed by atoms with Crippen molar-refractivity contribution in [1.82, 2.24) is 14.8 Å². The second kappa shape index (κ2) is 6.27. The topological polar surface area (TPSA) is 48.6 Å². The maximum atomic E-state index is 12.0. The fourth-order valence-corrected chi connectivity index (χ4v) is 5.57. The van der Waals surface area contributed by atoms with E-state index in [9.17, 15) is 4.79 Å². The third-order valence-corrected chi connectivity index (χ3v) is 7.12. The normalized spacial score (nSPS) is 27.9. The van der Waals surface area contributed by atoms with Crippen LogP contribution in [0.25, 0.3) is 10.9 Å². The van der Waals surface area contributed by atoms with Gasteiger partial charge in [-0.1, -0.05) is 12.1 Å². The number of H-pyrrole nitrogens is 1. The number of halogens is 1. The molecule has 1 aromatic carbocycles. The van der Waals surface area contributed by atoms with Crippen molar-refractivity contribution in [3.63, 3.8) is 0 Å². The number of hydrogen-bond acceptors (Lipinski definition) is 3. The minimum Gasteiger partial charge on any atom is -0.449 e. The molecule has 2 aromatic rings. The first-order valence-corrected chi connectivity index (χ1v) is 10.3. The zero-order valence-electron chi connectivity index (χ0n) is 15.0. The van der Waals surface area contributed by atoms with Gasteiger partial charge in [0.2, 0.25) is 0 Å². The largest absolute Gasteiger partial charge is 0.449 e. The van der Waals surface area contributed by atoms with Crippen LogP contribution in [-0.2, 0) is 11.2 Å². The van der Waals surface area contributed by atoms with E-state index in [2.05, 4.69) is 51.1 Å². The molecule has 5 nitrogen and oxygen atoms in total. The Morgan fingerprint density at radius 1 is 1.38 bits per heavy atom. The molecule has 5 rings (SSSR count). The maximum absolute atomic E-state index is 12.0. The molecule has 2 saturated heterocycles. The van der Waals surface area contributed by atoms with E-state index in [4.69, 9.17) is 4.74 Å². The third-order valence-electron chi connectivity index (χ3n) is 6.44. The van der Waals surface area contributed by atoms with Gasteiger partial charge >= 0.3 is 6.09 Å². The van der Waals surface area contributed by atoms with Crippen LogP contribution in [0.4, 0.5) is 4.79 Å². The van der Waals surface area contributed by atoms with Crippen LogP contribution in [0.3, 0.4) is 0 Å². The first-order valence-electron chi connectivity index (χ1n) is 9.52. The first kappa shape index (κ1) is 16.6. The summed E-state index contributed by atoms with van der Waals surface area (Å²) in [6, 6.07) is 7.11. The molecule has 2 aliphatic heterocycles. The standard InChI is InChI=1S/C20H24BrN3O2/c1-23-10-12(11-26-20(25)24-6-3-7-24)8-14-13-4-2-5-16-18(13)15(9-17(14)23)19(21)22-16/h2,4-5,12,14,17,22H,3,6-11H2,1H3/t12-,14?,17-/m1/s1. The number of fused-ring (bicyclic) bond motifs is 2. The molecule has 1 aromatic heterocycles. The van der Waals surface area contributed by atoms with Gasteiger partial charge in [-0.15, -0.1) is 0 Å². The van der Waals surface area contributed by atoms with Gasteiger partial charge in [-0.3, -0.25) is 0 Å². The van der Waals surface area contributed by atoms with Crippen LogP contribution in [0.15, 0.2) is 22.8 Å². The summed E-state index contributed by atoms with van der Waals surface area (Å²) < 4.78 is 6.73. The molecule has 3 atom stereocenters. The zero-order valence-corrected chi connectivity index (χ0v) is 16.6. The van der Waals surface area contributed by atoms with Crippen molar-refractivity contribution in [1.29, 1.82) is 0 Å². The number of nitrogens with one attached hydrogen (secondary N) is 1. The Kier molecular flexibility index (Phi) is 4.01. The van der Waals surface area contributed by atoms with E-state index < -0.39 is 0 Å². The number of likely N-dealkylation sites (tertiary alicyclic amines) is 2. The number of carbonyl (C=O) groups excluding carboxylic acids is 1. The van der Waals surface area contributed by atoms with Crippen molar-refractivity contribution in [2.45, 2.75) is 31.2 Å². The lowest BCUT2D eigenvalue weighted by Gasteiger charge is -2.45. The summed E-state index contributed by atoms with van der Waals surface area (Å²) in [5.74, 6) is 0.894. The summed E-state index contributed by atoms with van der Waals surface area (Å²) in [4.78, 5) is 19.8. The number of aromatic amines is 1. The minimum absolute atomic E-state index is 0.136. The lowest BCUT2D eigenvalue weighted by Crippen LogP contribution is -2.49. The quantitative estimate of drug-likeness (QED) is 0.809. The van der Waals surface area contributed by atoms with Crippen LogP contribution in [0, 0.1) is 5.92 Å². The van der Waals surface area contributed by atoms with Gasteiger partial charge in [-0.25, -0.2) is 4.79 Å². The third kappa shape index (κ3) is 2.57. The summed E-state index contributed by atoms with van der Waals surface area (Å²) in [6.45, 7) is 3.22. The Hall–Kier alpha value is -1.53. The Balaban J connectivity index is 1.38. The highest BCUT2D eigenvalue weighted by Crippen LogP contribution is 2.46. The van der Waals surface area contributed by atoms with Crippen molar-refractivity contribution in [2.24, 2.45) is 5.92 Å². The lowest BCUT2D eigenvalue weighted by molar-refractivity contribution is 0.0379. The molecule has 0 bridgehead atoms. The van der Waals surface area contributed by atoms with Crippen molar-refractivity contribution in [3.8, 4) is 0 Å². The second-order valence-electron chi connectivity index (χ2n) is 8.02. The molecule has 0 radical (unpaired) electrons. The van der Waals surface area contributed by atoms with Gasteiger partial charge in [0.1, 0.15) is 0 Å². The van der Waals surface area contributed by atoms with Crippen LogP contribution in [-0.4, -0.2) is 60.2 Å². The van der Waals surface area contributed by atoms with E-state index in [0.717, 1.165) is 43.5 Å². The number of rotatable bonds is 2. The summed E-state index contributed by atoms with van der Waals surface area (Å²) in [6.07, 6.45) is 3.12. The smallest absolute Gasteiger partial charge is 0.409 e. The predicted octanol–water partition coefficient (Wildman–Crippen LogP) is 3.73. The minimum atomic E-state index is -0.136. The molecule has 26 heavy (non-hydrogen) atoms. The van der Waals surface area contributed by atoms with E-state index in [-0.39, 0.29) is 6.09 Å². The van der Waals surface area contributed by atoms with E-state index in [0.29, 0.717) is 24.5 Å². The van der Waals surface area contributed by atoms with Crippen LogP contribution in [0.1, 0.15) is 29.9 Å². The molecule has 1 N–H and O–H groups in total. The van der Waals surface area contributed by atoms with Gasteiger partial charge in [0, 0.05) is 48.4 Å². The fourth-order valence-electron chi connectivity index (χ4n) is 5.00. The van der Waals surface area contributed by atoms with Crippen LogP contribution < -0.4 is 0 Å². The molecule has 0 spiro atoms. The summed E-state index contributed by atoms with van der Waals surface area (Å²) in [5, 5.41) is 1.40. The number of carbonyl (C=O) groups is 1. The molecule has 1 unspecified atom stereocenters. The molecule has 1 amide bonds. The molecule has 138 valence electrons. The number of ether oxygens (including phenoxy) is 1. The molecule has 1 aliphatic carbocycles. The van der Waals surface area contributed by atoms with Gasteiger partial charge < -0.3 is 19.5 Å². The first-order chi connectivity index (χ1) is 12.6. The maximum Gasteiger partial charge on any atom is 0.409 e. The van der Waals surface area contributed by atoms with Crippen molar-refractivity contribution in [3.05, 3.63) is 33.9 Å². The Morgan fingerprint density at radius 3 is 3.00 bits per heavy atom. The second-order valence-corrected chi connectivity index (χ2v) is 8.82. The average molecular weight is 418 g/mol.